The number of rotatable bonds is 3. The van der Waals surface area contributed by atoms with Crippen molar-refractivity contribution in [2.45, 2.75) is 0 Å². The quantitative estimate of drug-likeness (QED) is 0.892. The van der Waals surface area contributed by atoms with Gasteiger partial charge in [0.05, 0.1) is 21.3 Å². The summed E-state index contributed by atoms with van der Waals surface area (Å²) >= 11 is 11.4. The van der Waals surface area contributed by atoms with Gasteiger partial charge in [-0.05, 0) is 36.4 Å². The summed E-state index contributed by atoms with van der Waals surface area (Å²) in [6, 6.07) is 7.45. The summed E-state index contributed by atoms with van der Waals surface area (Å²) in [5, 5.41) is 11.4. The molecule has 108 valence electrons. The Kier molecular flexibility index (Phi) is 4.45. The van der Waals surface area contributed by atoms with Crippen molar-refractivity contribution >= 4 is 40.8 Å². The van der Waals surface area contributed by atoms with Gasteiger partial charge in [-0.1, -0.05) is 23.2 Å². The number of amides is 1. The molecule has 0 bridgehead atoms. The first-order chi connectivity index (χ1) is 9.88. The number of carbonyl (C=O) groups excluding carboxylic acids is 1. The molecular formula is C14H8Cl2FNO3. The van der Waals surface area contributed by atoms with E-state index in [9.17, 15) is 14.0 Å². The van der Waals surface area contributed by atoms with Crippen LogP contribution in [0.5, 0.6) is 0 Å². The third-order valence-electron chi connectivity index (χ3n) is 2.64. The second kappa shape index (κ2) is 6.11. The Bertz CT molecular complexity index is 734. The third kappa shape index (κ3) is 3.51. The molecule has 0 heterocycles. The molecule has 0 unspecified atom stereocenters. The van der Waals surface area contributed by atoms with Crippen molar-refractivity contribution < 1.29 is 19.1 Å². The Hall–Kier alpha value is -2.11. The maximum atomic E-state index is 13.3. The van der Waals surface area contributed by atoms with Crippen LogP contribution in [0.4, 0.5) is 10.1 Å². The predicted octanol–water partition coefficient (Wildman–Crippen LogP) is 4.08. The summed E-state index contributed by atoms with van der Waals surface area (Å²) in [5.41, 5.74) is 0.127. The van der Waals surface area contributed by atoms with Crippen molar-refractivity contribution in [1.82, 2.24) is 0 Å². The van der Waals surface area contributed by atoms with Crippen molar-refractivity contribution in [3.63, 3.8) is 0 Å². The number of carboxylic acid groups (broad SMARTS) is 1. The highest BCUT2D eigenvalue weighted by atomic mass is 35.5. The van der Waals surface area contributed by atoms with Gasteiger partial charge < -0.3 is 10.4 Å². The maximum absolute atomic E-state index is 13.3. The SMILES string of the molecule is O=C(O)c1ccc(Cl)c(NC(=O)c2ccc(Cl)c(F)c2)c1. The highest BCUT2D eigenvalue weighted by molar-refractivity contribution is 6.34. The Labute approximate surface area is 129 Å². The number of benzene rings is 2. The number of aromatic carboxylic acids is 1. The van der Waals surface area contributed by atoms with E-state index in [1.165, 1.54) is 30.3 Å². The Morgan fingerprint density at radius 2 is 1.62 bits per heavy atom. The minimum Gasteiger partial charge on any atom is -0.478 e. The highest BCUT2D eigenvalue weighted by Crippen LogP contribution is 2.24. The molecule has 0 aliphatic carbocycles. The Balaban J connectivity index is 2.28. The number of carboxylic acids is 1. The molecule has 0 fully saturated rings. The Morgan fingerprint density at radius 3 is 2.24 bits per heavy atom. The molecule has 0 atom stereocenters. The lowest BCUT2D eigenvalue weighted by atomic mass is 10.1. The molecule has 0 aromatic heterocycles. The summed E-state index contributed by atoms with van der Waals surface area (Å²) in [5.74, 6) is -2.51. The van der Waals surface area contributed by atoms with Crippen LogP contribution >= 0.6 is 23.2 Å². The number of hydrogen-bond donors (Lipinski definition) is 2. The first-order valence-electron chi connectivity index (χ1n) is 5.67. The van der Waals surface area contributed by atoms with E-state index >= 15 is 0 Å². The minimum atomic E-state index is -1.15. The molecule has 7 heteroatoms. The average molecular weight is 328 g/mol. The second-order valence-electron chi connectivity index (χ2n) is 4.08. The molecule has 1 amide bonds. The molecule has 2 N–H and O–H groups in total. The lowest BCUT2D eigenvalue weighted by molar-refractivity contribution is 0.0696. The van der Waals surface area contributed by atoms with Gasteiger partial charge >= 0.3 is 5.97 Å². The van der Waals surface area contributed by atoms with E-state index in [2.05, 4.69) is 5.32 Å². The van der Waals surface area contributed by atoms with Gasteiger partial charge in [0.2, 0.25) is 0 Å². The van der Waals surface area contributed by atoms with Crippen LogP contribution in [0.3, 0.4) is 0 Å². The zero-order valence-electron chi connectivity index (χ0n) is 10.4. The van der Waals surface area contributed by atoms with Crippen molar-refractivity contribution in [3.8, 4) is 0 Å². The lowest BCUT2D eigenvalue weighted by Gasteiger charge is -2.08. The van der Waals surface area contributed by atoms with Gasteiger partial charge in [-0.25, -0.2) is 9.18 Å². The first-order valence-corrected chi connectivity index (χ1v) is 6.43. The van der Waals surface area contributed by atoms with Gasteiger partial charge in [-0.2, -0.15) is 0 Å². The molecule has 0 aliphatic heterocycles. The summed E-state index contributed by atoms with van der Waals surface area (Å²) < 4.78 is 13.3. The van der Waals surface area contributed by atoms with Crippen molar-refractivity contribution in [3.05, 3.63) is 63.4 Å². The standard InChI is InChI=1S/C14H8Cl2FNO3/c15-9-3-1-7(5-11(9)17)13(19)18-12-6-8(14(20)21)2-4-10(12)16/h1-6H,(H,18,19)(H,20,21). The summed E-state index contributed by atoms with van der Waals surface area (Å²) in [7, 11) is 0. The minimum absolute atomic E-state index is 0.0306. The summed E-state index contributed by atoms with van der Waals surface area (Å²) in [6.45, 7) is 0. The van der Waals surface area contributed by atoms with Crippen LogP contribution in [-0.4, -0.2) is 17.0 Å². The van der Waals surface area contributed by atoms with Gasteiger partial charge in [0.15, 0.2) is 0 Å². The smallest absolute Gasteiger partial charge is 0.335 e. The molecule has 0 radical (unpaired) electrons. The topological polar surface area (TPSA) is 66.4 Å². The molecule has 21 heavy (non-hydrogen) atoms. The number of anilines is 1. The molecule has 0 saturated heterocycles. The fourth-order valence-electron chi connectivity index (χ4n) is 1.59. The van der Waals surface area contributed by atoms with Crippen LogP contribution in [0.15, 0.2) is 36.4 Å². The van der Waals surface area contributed by atoms with Crippen LogP contribution in [0, 0.1) is 5.82 Å². The number of halogens is 3. The van der Waals surface area contributed by atoms with E-state index in [1.807, 2.05) is 0 Å². The van der Waals surface area contributed by atoms with Crippen LogP contribution in [0.2, 0.25) is 10.0 Å². The van der Waals surface area contributed by atoms with Crippen molar-refractivity contribution in [2.24, 2.45) is 0 Å². The van der Waals surface area contributed by atoms with Gasteiger partial charge in [0.25, 0.3) is 5.91 Å². The molecular weight excluding hydrogens is 320 g/mol. The van der Waals surface area contributed by atoms with Gasteiger partial charge in [0, 0.05) is 5.56 Å². The first kappa shape index (κ1) is 15.3. The van der Waals surface area contributed by atoms with Gasteiger partial charge in [-0.15, -0.1) is 0 Å². The van der Waals surface area contributed by atoms with Gasteiger partial charge in [0.1, 0.15) is 5.82 Å². The zero-order chi connectivity index (χ0) is 15.6. The maximum Gasteiger partial charge on any atom is 0.335 e. The van der Waals surface area contributed by atoms with Crippen molar-refractivity contribution in [2.75, 3.05) is 5.32 Å². The Morgan fingerprint density at radius 1 is 1.00 bits per heavy atom. The molecule has 2 aromatic rings. The van der Waals surface area contributed by atoms with E-state index in [0.717, 1.165) is 6.07 Å². The fraction of sp³-hybridized carbons (Fsp3) is 0. The third-order valence-corrected chi connectivity index (χ3v) is 3.28. The van der Waals surface area contributed by atoms with E-state index in [-0.39, 0.29) is 26.9 Å². The van der Waals surface area contributed by atoms with Crippen LogP contribution in [-0.2, 0) is 0 Å². The number of hydrogen-bond acceptors (Lipinski definition) is 2. The fourth-order valence-corrected chi connectivity index (χ4v) is 1.87. The van der Waals surface area contributed by atoms with E-state index in [1.54, 1.807) is 0 Å². The monoisotopic (exact) mass is 327 g/mol. The van der Waals surface area contributed by atoms with E-state index in [4.69, 9.17) is 28.3 Å². The largest absolute Gasteiger partial charge is 0.478 e. The van der Waals surface area contributed by atoms with E-state index in [0.29, 0.717) is 0 Å². The zero-order valence-corrected chi connectivity index (χ0v) is 11.9. The molecule has 2 rings (SSSR count). The van der Waals surface area contributed by atoms with Gasteiger partial charge in [-0.3, -0.25) is 4.79 Å². The van der Waals surface area contributed by atoms with E-state index < -0.39 is 17.7 Å². The van der Waals surface area contributed by atoms with Crippen LogP contribution in [0.1, 0.15) is 20.7 Å². The van der Waals surface area contributed by atoms with Crippen molar-refractivity contribution in [1.29, 1.82) is 0 Å². The molecule has 2 aromatic carbocycles. The number of nitrogens with one attached hydrogen (secondary N) is 1. The molecule has 0 spiro atoms. The summed E-state index contributed by atoms with van der Waals surface area (Å²) in [4.78, 5) is 22.9. The molecule has 0 aliphatic rings. The predicted molar refractivity (Wildman–Crippen MR) is 77.8 cm³/mol. The normalized spacial score (nSPS) is 10.2. The second-order valence-corrected chi connectivity index (χ2v) is 4.90. The number of carbonyl (C=O) groups is 2. The summed E-state index contributed by atoms with van der Waals surface area (Å²) in [6.07, 6.45) is 0. The molecule has 0 saturated carbocycles. The molecule has 4 nitrogen and oxygen atoms in total. The van der Waals surface area contributed by atoms with Crippen LogP contribution in [0.25, 0.3) is 0 Å². The average Bonchev–Trinajstić information content (AvgIpc) is 2.43. The highest BCUT2D eigenvalue weighted by Gasteiger charge is 2.13. The van der Waals surface area contributed by atoms with Crippen LogP contribution < -0.4 is 5.32 Å². The lowest BCUT2D eigenvalue weighted by Crippen LogP contribution is -2.13.